The van der Waals surface area contributed by atoms with Crippen molar-refractivity contribution in [1.29, 1.82) is 0 Å². The van der Waals surface area contributed by atoms with Crippen LogP contribution in [0.25, 0.3) is 0 Å². The van der Waals surface area contributed by atoms with Crippen LogP contribution in [-0.4, -0.2) is 17.7 Å². The van der Waals surface area contributed by atoms with Gasteiger partial charge in [0.2, 0.25) is 5.91 Å². The van der Waals surface area contributed by atoms with Crippen LogP contribution in [0.1, 0.15) is 31.6 Å². The maximum atomic E-state index is 12.6. The summed E-state index contributed by atoms with van der Waals surface area (Å²) >= 11 is 7.43. The maximum absolute atomic E-state index is 12.6. The first-order valence-corrected chi connectivity index (χ1v) is 9.51. The van der Waals surface area contributed by atoms with Crippen LogP contribution in [0.3, 0.4) is 0 Å². The molecule has 2 aromatic carbocycles. The lowest BCUT2D eigenvalue weighted by atomic mass is 10.1. The third-order valence-electron chi connectivity index (χ3n) is 3.91. The molecule has 0 radical (unpaired) electrons. The number of hydrogen-bond acceptors (Lipinski definition) is 4. The molecule has 0 aliphatic rings. The zero-order valence-corrected chi connectivity index (χ0v) is 16.1. The van der Waals surface area contributed by atoms with Crippen LogP contribution in [0.4, 0.5) is 5.69 Å². The number of amides is 3. The molecule has 3 amide bonds. The number of nitrogens with one attached hydrogen (secondary N) is 2. The van der Waals surface area contributed by atoms with Crippen molar-refractivity contribution in [2.75, 3.05) is 5.32 Å². The Morgan fingerprint density at radius 1 is 0.964 bits per heavy atom. The van der Waals surface area contributed by atoms with Crippen LogP contribution >= 0.6 is 22.9 Å². The second-order valence-electron chi connectivity index (χ2n) is 5.85. The number of carbonyl (C=O) groups is 3. The van der Waals surface area contributed by atoms with Gasteiger partial charge < -0.3 is 16.4 Å². The van der Waals surface area contributed by atoms with Gasteiger partial charge in [0.05, 0.1) is 15.6 Å². The van der Waals surface area contributed by atoms with Gasteiger partial charge >= 0.3 is 0 Å². The first-order chi connectivity index (χ1) is 13.5. The molecule has 0 aliphatic heterocycles. The molecule has 28 heavy (non-hydrogen) atoms. The minimum absolute atomic E-state index is 0.230. The summed E-state index contributed by atoms with van der Waals surface area (Å²) in [6.45, 7) is 0. The van der Waals surface area contributed by atoms with E-state index < -0.39 is 17.9 Å². The quantitative estimate of drug-likeness (QED) is 0.575. The Morgan fingerprint density at radius 3 is 2.36 bits per heavy atom. The Labute approximate surface area is 170 Å². The Balaban J connectivity index is 1.80. The highest BCUT2D eigenvalue weighted by Crippen LogP contribution is 2.25. The first-order valence-electron chi connectivity index (χ1n) is 8.25. The average molecular weight is 414 g/mol. The van der Waals surface area contributed by atoms with Crippen LogP contribution in [0.5, 0.6) is 0 Å². The normalized spacial score (nSPS) is 11.5. The van der Waals surface area contributed by atoms with Gasteiger partial charge in [0.15, 0.2) is 0 Å². The number of nitrogens with two attached hydrogens (primary N) is 1. The monoisotopic (exact) mass is 413 g/mol. The SMILES string of the molecule is NC(=O)C(NC(=O)c1ccc(Cl)c(NC(=O)c2cccs2)c1)c1ccccc1. The lowest BCUT2D eigenvalue weighted by Gasteiger charge is -2.16. The Morgan fingerprint density at radius 2 is 1.71 bits per heavy atom. The largest absolute Gasteiger partial charge is 0.368 e. The third-order valence-corrected chi connectivity index (χ3v) is 5.11. The predicted octanol–water partition coefficient (Wildman–Crippen LogP) is 3.61. The van der Waals surface area contributed by atoms with Gasteiger partial charge in [0, 0.05) is 5.56 Å². The van der Waals surface area contributed by atoms with Crippen LogP contribution in [0.2, 0.25) is 5.02 Å². The third kappa shape index (κ3) is 4.57. The van der Waals surface area contributed by atoms with Gasteiger partial charge in [0.25, 0.3) is 11.8 Å². The number of anilines is 1. The predicted molar refractivity (Wildman–Crippen MR) is 110 cm³/mol. The van der Waals surface area contributed by atoms with E-state index in [4.69, 9.17) is 17.3 Å². The molecule has 6 nitrogen and oxygen atoms in total. The van der Waals surface area contributed by atoms with E-state index in [0.29, 0.717) is 16.1 Å². The number of halogens is 1. The summed E-state index contributed by atoms with van der Waals surface area (Å²) in [5.41, 5.74) is 6.54. The summed E-state index contributed by atoms with van der Waals surface area (Å²) in [7, 11) is 0. The van der Waals surface area contributed by atoms with E-state index in [1.165, 1.54) is 29.5 Å². The number of primary amides is 1. The molecular weight excluding hydrogens is 398 g/mol. The lowest BCUT2D eigenvalue weighted by molar-refractivity contribution is -0.120. The number of rotatable bonds is 6. The van der Waals surface area contributed by atoms with Crippen molar-refractivity contribution in [3.8, 4) is 0 Å². The highest BCUT2D eigenvalue weighted by atomic mass is 35.5. The molecular formula is C20H16ClN3O3S. The molecule has 0 spiro atoms. The highest BCUT2D eigenvalue weighted by Gasteiger charge is 2.21. The fraction of sp³-hybridized carbons (Fsp3) is 0.0500. The van der Waals surface area contributed by atoms with Crippen molar-refractivity contribution >= 4 is 46.3 Å². The van der Waals surface area contributed by atoms with Crippen molar-refractivity contribution in [2.24, 2.45) is 5.73 Å². The second kappa shape index (κ2) is 8.69. The standard InChI is InChI=1S/C20H16ClN3O3S/c21-14-9-8-13(11-15(14)23-20(27)16-7-4-10-28-16)19(26)24-17(18(22)25)12-5-2-1-3-6-12/h1-11,17H,(H2,22,25)(H,23,27)(H,24,26). The summed E-state index contributed by atoms with van der Waals surface area (Å²) in [5, 5.41) is 7.37. The second-order valence-corrected chi connectivity index (χ2v) is 7.20. The van der Waals surface area contributed by atoms with Gasteiger partial charge in [-0.15, -0.1) is 11.3 Å². The summed E-state index contributed by atoms with van der Waals surface area (Å²) in [5.74, 6) is -1.52. The topological polar surface area (TPSA) is 101 Å². The molecule has 3 rings (SSSR count). The van der Waals surface area contributed by atoms with Crippen molar-refractivity contribution in [2.45, 2.75) is 6.04 Å². The lowest BCUT2D eigenvalue weighted by Crippen LogP contribution is -2.37. The smallest absolute Gasteiger partial charge is 0.265 e. The molecule has 3 aromatic rings. The fourth-order valence-corrected chi connectivity index (χ4v) is 3.32. The summed E-state index contributed by atoms with van der Waals surface area (Å²) in [4.78, 5) is 37.2. The van der Waals surface area contributed by atoms with E-state index in [0.717, 1.165) is 0 Å². The van der Waals surface area contributed by atoms with E-state index >= 15 is 0 Å². The van der Waals surface area contributed by atoms with Gasteiger partial charge in [-0.1, -0.05) is 48.0 Å². The Hall–Kier alpha value is -3.16. The van der Waals surface area contributed by atoms with Gasteiger partial charge in [-0.3, -0.25) is 14.4 Å². The minimum atomic E-state index is -0.978. The molecule has 1 unspecified atom stereocenters. The van der Waals surface area contributed by atoms with E-state index in [-0.39, 0.29) is 16.5 Å². The Bertz CT molecular complexity index is 1010. The van der Waals surface area contributed by atoms with Gasteiger partial charge in [-0.05, 0) is 35.2 Å². The van der Waals surface area contributed by atoms with Crippen molar-refractivity contribution in [3.63, 3.8) is 0 Å². The van der Waals surface area contributed by atoms with Gasteiger partial charge in [-0.2, -0.15) is 0 Å². The molecule has 0 aliphatic carbocycles. The number of carbonyl (C=O) groups excluding carboxylic acids is 3. The molecule has 0 fully saturated rings. The molecule has 1 heterocycles. The van der Waals surface area contributed by atoms with Gasteiger partial charge in [0.1, 0.15) is 6.04 Å². The number of hydrogen-bond donors (Lipinski definition) is 3. The van der Waals surface area contributed by atoms with Crippen molar-refractivity contribution < 1.29 is 14.4 Å². The molecule has 1 atom stereocenters. The first kappa shape index (κ1) is 19.6. The fourth-order valence-electron chi connectivity index (χ4n) is 2.53. The van der Waals surface area contributed by atoms with Crippen molar-refractivity contribution in [1.82, 2.24) is 5.32 Å². The summed E-state index contributed by atoms with van der Waals surface area (Å²) < 4.78 is 0. The zero-order valence-electron chi connectivity index (χ0n) is 14.5. The average Bonchev–Trinajstić information content (AvgIpc) is 3.23. The molecule has 4 N–H and O–H groups in total. The Kier molecular flexibility index (Phi) is 6.08. The van der Waals surface area contributed by atoms with E-state index in [9.17, 15) is 14.4 Å². The number of thiophene rings is 1. The highest BCUT2D eigenvalue weighted by molar-refractivity contribution is 7.12. The minimum Gasteiger partial charge on any atom is -0.368 e. The molecule has 8 heteroatoms. The van der Waals surface area contributed by atoms with Crippen molar-refractivity contribution in [3.05, 3.63) is 87.1 Å². The van der Waals surface area contributed by atoms with Crippen LogP contribution in [0.15, 0.2) is 66.0 Å². The van der Waals surface area contributed by atoms with E-state index in [2.05, 4.69) is 10.6 Å². The van der Waals surface area contributed by atoms with Crippen LogP contribution in [0, 0.1) is 0 Å². The zero-order chi connectivity index (χ0) is 20.1. The van der Waals surface area contributed by atoms with Gasteiger partial charge in [-0.25, -0.2) is 0 Å². The number of benzene rings is 2. The van der Waals surface area contributed by atoms with E-state index in [1.54, 1.807) is 47.8 Å². The van der Waals surface area contributed by atoms with Crippen LogP contribution in [-0.2, 0) is 4.79 Å². The molecule has 0 saturated heterocycles. The summed E-state index contributed by atoms with van der Waals surface area (Å²) in [6.07, 6.45) is 0. The maximum Gasteiger partial charge on any atom is 0.265 e. The van der Waals surface area contributed by atoms with E-state index in [1.807, 2.05) is 0 Å². The van der Waals surface area contributed by atoms with Crippen LogP contribution < -0.4 is 16.4 Å². The molecule has 0 bridgehead atoms. The molecule has 0 saturated carbocycles. The summed E-state index contributed by atoms with van der Waals surface area (Å²) in [6, 6.07) is 15.6. The molecule has 1 aromatic heterocycles. The molecule has 142 valence electrons.